The number of ether oxygens (including phenoxy) is 1. The van der Waals surface area contributed by atoms with Crippen LogP contribution in [0, 0.1) is 11.8 Å². The Morgan fingerprint density at radius 2 is 2.53 bits per heavy atom. The summed E-state index contributed by atoms with van der Waals surface area (Å²) < 4.78 is 5.43. The van der Waals surface area contributed by atoms with Crippen LogP contribution in [0.4, 0.5) is 0 Å². The Kier molecular flexibility index (Phi) is 5.40. The summed E-state index contributed by atoms with van der Waals surface area (Å²) in [7, 11) is 0. The molecule has 1 aromatic heterocycles. The maximum absolute atomic E-state index is 11.8. The van der Waals surface area contributed by atoms with Gasteiger partial charge in [-0.25, -0.2) is 0 Å². The highest BCUT2D eigenvalue weighted by molar-refractivity contribution is 7.10. The number of thiophene rings is 1. The molecule has 1 aromatic rings. The van der Waals surface area contributed by atoms with Gasteiger partial charge in [0.2, 0.25) is 5.91 Å². The fourth-order valence-electron chi connectivity index (χ4n) is 1.99. The van der Waals surface area contributed by atoms with Crippen LogP contribution in [-0.2, 0) is 16.1 Å². The summed E-state index contributed by atoms with van der Waals surface area (Å²) in [6.45, 7) is 1.10. The molecule has 2 N–H and O–H groups in total. The van der Waals surface area contributed by atoms with Crippen molar-refractivity contribution in [2.45, 2.75) is 31.9 Å². The van der Waals surface area contributed by atoms with Gasteiger partial charge in [0.15, 0.2) is 0 Å². The Bertz CT molecular complexity index is 480. The first-order chi connectivity index (χ1) is 9.29. The van der Waals surface area contributed by atoms with Gasteiger partial charge >= 0.3 is 0 Å². The molecule has 4 nitrogen and oxygen atoms in total. The maximum Gasteiger partial charge on any atom is 0.222 e. The number of hydrogen-bond donors (Lipinski definition) is 2. The normalized spacial score (nSPS) is 17.8. The Morgan fingerprint density at radius 3 is 3.26 bits per heavy atom. The van der Waals surface area contributed by atoms with Gasteiger partial charge in [-0.2, -0.15) is 0 Å². The zero-order valence-corrected chi connectivity index (χ0v) is 11.5. The van der Waals surface area contributed by atoms with Crippen LogP contribution in [0.5, 0.6) is 0 Å². The Balaban J connectivity index is 1.81. The fourth-order valence-corrected chi connectivity index (χ4v) is 2.76. The minimum Gasteiger partial charge on any atom is -0.384 e. The molecule has 102 valence electrons. The molecule has 0 aromatic carbocycles. The summed E-state index contributed by atoms with van der Waals surface area (Å²) in [5.41, 5.74) is 0.872. The Labute approximate surface area is 116 Å². The van der Waals surface area contributed by atoms with Crippen LogP contribution >= 0.6 is 11.3 Å². The molecule has 0 saturated carbocycles. The SMILES string of the molecule is O=C(CC1CCCO1)NCc1sccc1C#CCO. The number of hydrogen-bond acceptors (Lipinski definition) is 4. The topological polar surface area (TPSA) is 58.6 Å². The van der Waals surface area contributed by atoms with Gasteiger partial charge in [-0.3, -0.25) is 4.79 Å². The molecule has 0 bridgehead atoms. The molecule has 1 atom stereocenters. The lowest BCUT2D eigenvalue weighted by atomic mass is 10.2. The van der Waals surface area contributed by atoms with Gasteiger partial charge < -0.3 is 15.2 Å². The molecule has 0 aliphatic carbocycles. The van der Waals surface area contributed by atoms with Gasteiger partial charge in [-0.1, -0.05) is 11.8 Å². The van der Waals surface area contributed by atoms with E-state index in [0.717, 1.165) is 29.9 Å². The summed E-state index contributed by atoms with van der Waals surface area (Å²) in [6, 6.07) is 1.90. The molecule has 1 unspecified atom stereocenters. The van der Waals surface area contributed by atoms with Crippen LogP contribution in [0.15, 0.2) is 11.4 Å². The predicted molar refractivity (Wildman–Crippen MR) is 73.7 cm³/mol. The first-order valence-electron chi connectivity index (χ1n) is 6.34. The van der Waals surface area contributed by atoms with E-state index >= 15 is 0 Å². The van der Waals surface area contributed by atoms with Crippen molar-refractivity contribution in [1.29, 1.82) is 0 Å². The van der Waals surface area contributed by atoms with Crippen molar-refractivity contribution in [3.8, 4) is 11.8 Å². The average Bonchev–Trinajstić information content (AvgIpc) is 3.05. The van der Waals surface area contributed by atoms with E-state index < -0.39 is 0 Å². The number of amides is 1. The minimum atomic E-state index is -0.152. The van der Waals surface area contributed by atoms with Crippen molar-refractivity contribution in [1.82, 2.24) is 5.32 Å². The molecular weight excluding hydrogens is 262 g/mol. The molecule has 0 spiro atoms. The molecule has 1 aliphatic heterocycles. The number of carbonyl (C=O) groups excluding carboxylic acids is 1. The van der Waals surface area contributed by atoms with E-state index in [1.165, 1.54) is 0 Å². The zero-order valence-electron chi connectivity index (χ0n) is 10.6. The third kappa shape index (κ3) is 4.35. The number of carbonyl (C=O) groups is 1. The van der Waals surface area contributed by atoms with Crippen LogP contribution in [0.3, 0.4) is 0 Å². The number of aliphatic hydroxyl groups excluding tert-OH is 1. The van der Waals surface area contributed by atoms with Crippen molar-refractivity contribution < 1.29 is 14.6 Å². The van der Waals surface area contributed by atoms with Crippen LogP contribution in [0.25, 0.3) is 0 Å². The Hall–Kier alpha value is -1.35. The lowest BCUT2D eigenvalue weighted by Crippen LogP contribution is -2.26. The average molecular weight is 279 g/mol. The van der Waals surface area contributed by atoms with E-state index in [2.05, 4.69) is 17.2 Å². The first-order valence-corrected chi connectivity index (χ1v) is 7.22. The van der Waals surface area contributed by atoms with Gasteiger partial charge in [-0.05, 0) is 24.3 Å². The summed E-state index contributed by atoms with van der Waals surface area (Å²) >= 11 is 1.55. The standard InChI is InChI=1S/C14H17NO3S/c16-6-1-3-11-5-8-19-13(11)10-15-14(17)9-12-4-2-7-18-12/h5,8,12,16H,2,4,6-7,9-10H2,(H,15,17). The van der Waals surface area contributed by atoms with Crippen LogP contribution < -0.4 is 5.32 Å². The van der Waals surface area contributed by atoms with Gasteiger partial charge in [0.1, 0.15) is 6.61 Å². The monoisotopic (exact) mass is 279 g/mol. The van der Waals surface area contributed by atoms with E-state index in [4.69, 9.17) is 9.84 Å². The molecular formula is C14H17NO3S. The molecule has 0 radical (unpaired) electrons. The lowest BCUT2D eigenvalue weighted by Gasteiger charge is -2.09. The second kappa shape index (κ2) is 7.29. The van der Waals surface area contributed by atoms with Crippen molar-refractivity contribution in [3.63, 3.8) is 0 Å². The van der Waals surface area contributed by atoms with Gasteiger partial charge in [0, 0.05) is 17.0 Å². The quantitative estimate of drug-likeness (QED) is 0.816. The van der Waals surface area contributed by atoms with Crippen molar-refractivity contribution >= 4 is 17.2 Å². The Morgan fingerprint density at radius 1 is 1.63 bits per heavy atom. The predicted octanol–water partition coefficient (Wildman–Crippen LogP) is 1.28. The lowest BCUT2D eigenvalue weighted by molar-refractivity contribution is -0.123. The van der Waals surface area contributed by atoms with E-state index in [-0.39, 0.29) is 18.6 Å². The molecule has 1 aliphatic rings. The van der Waals surface area contributed by atoms with E-state index in [9.17, 15) is 4.79 Å². The second-order valence-corrected chi connectivity index (χ2v) is 5.33. The second-order valence-electron chi connectivity index (χ2n) is 4.33. The fraction of sp³-hybridized carbons (Fsp3) is 0.500. The van der Waals surface area contributed by atoms with Gasteiger partial charge in [-0.15, -0.1) is 11.3 Å². The number of nitrogens with one attached hydrogen (secondary N) is 1. The molecule has 1 amide bonds. The molecule has 5 heteroatoms. The number of rotatable bonds is 4. The molecule has 1 fully saturated rings. The highest BCUT2D eigenvalue weighted by atomic mass is 32.1. The minimum absolute atomic E-state index is 0.0152. The summed E-state index contributed by atoms with van der Waals surface area (Å²) in [5, 5.41) is 13.5. The van der Waals surface area contributed by atoms with Crippen molar-refractivity contribution in [2.24, 2.45) is 0 Å². The summed E-state index contributed by atoms with van der Waals surface area (Å²) in [6.07, 6.45) is 2.53. The van der Waals surface area contributed by atoms with Gasteiger partial charge in [0.05, 0.1) is 19.1 Å². The van der Waals surface area contributed by atoms with E-state index in [1.54, 1.807) is 11.3 Å². The van der Waals surface area contributed by atoms with E-state index in [1.807, 2.05) is 11.4 Å². The van der Waals surface area contributed by atoms with Crippen LogP contribution in [0.2, 0.25) is 0 Å². The molecule has 1 saturated heterocycles. The molecule has 2 heterocycles. The zero-order chi connectivity index (χ0) is 13.5. The third-order valence-corrected chi connectivity index (χ3v) is 3.85. The smallest absolute Gasteiger partial charge is 0.222 e. The summed E-state index contributed by atoms with van der Waals surface area (Å²) in [4.78, 5) is 12.8. The first kappa shape index (κ1) is 14.1. The van der Waals surface area contributed by atoms with Crippen molar-refractivity contribution in [3.05, 3.63) is 21.9 Å². The largest absolute Gasteiger partial charge is 0.384 e. The third-order valence-electron chi connectivity index (χ3n) is 2.93. The van der Waals surface area contributed by atoms with Crippen LogP contribution in [-0.4, -0.2) is 30.3 Å². The van der Waals surface area contributed by atoms with Crippen LogP contribution in [0.1, 0.15) is 29.7 Å². The van der Waals surface area contributed by atoms with Gasteiger partial charge in [0.25, 0.3) is 0 Å². The summed E-state index contributed by atoms with van der Waals surface area (Å²) in [5.74, 6) is 5.51. The van der Waals surface area contributed by atoms with E-state index in [0.29, 0.717) is 13.0 Å². The highest BCUT2D eigenvalue weighted by Gasteiger charge is 2.18. The molecule has 2 rings (SSSR count). The molecule has 19 heavy (non-hydrogen) atoms. The number of aliphatic hydroxyl groups is 1. The maximum atomic E-state index is 11.8. The highest BCUT2D eigenvalue weighted by Crippen LogP contribution is 2.17. The van der Waals surface area contributed by atoms with Crippen molar-refractivity contribution in [2.75, 3.05) is 13.2 Å².